The SMILES string of the molecule is COc1cc(OC)c(Cl)c(N=C=O)c1Cl. The quantitative estimate of drug-likeness (QED) is 0.610. The third-order valence-corrected chi connectivity index (χ3v) is 2.44. The molecule has 0 fully saturated rings. The highest BCUT2D eigenvalue weighted by Crippen LogP contribution is 2.45. The van der Waals surface area contributed by atoms with Gasteiger partial charge in [0.1, 0.15) is 27.2 Å². The summed E-state index contributed by atoms with van der Waals surface area (Å²) in [6.45, 7) is 0. The number of hydrogen-bond donors (Lipinski definition) is 0. The molecule has 0 aliphatic heterocycles. The van der Waals surface area contributed by atoms with Crippen molar-refractivity contribution in [3.63, 3.8) is 0 Å². The van der Waals surface area contributed by atoms with Crippen LogP contribution in [0.15, 0.2) is 11.1 Å². The maximum absolute atomic E-state index is 10.2. The van der Waals surface area contributed by atoms with Crippen molar-refractivity contribution in [3.8, 4) is 11.5 Å². The van der Waals surface area contributed by atoms with Crippen LogP contribution >= 0.6 is 23.2 Å². The molecule has 6 heteroatoms. The number of carbonyl (C=O) groups excluding carboxylic acids is 1. The van der Waals surface area contributed by atoms with E-state index in [9.17, 15) is 4.79 Å². The van der Waals surface area contributed by atoms with Gasteiger partial charge in [0.25, 0.3) is 0 Å². The molecule has 0 saturated carbocycles. The topological polar surface area (TPSA) is 47.9 Å². The zero-order valence-electron chi connectivity index (χ0n) is 8.01. The van der Waals surface area contributed by atoms with Gasteiger partial charge in [0.2, 0.25) is 6.08 Å². The molecule has 0 spiro atoms. The fraction of sp³-hybridized carbons (Fsp3) is 0.222. The first kappa shape index (κ1) is 11.9. The summed E-state index contributed by atoms with van der Waals surface area (Å²) in [7, 11) is 2.87. The minimum absolute atomic E-state index is 0.0875. The summed E-state index contributed by atoms with van der Waals surface area (Å²) >= 11 is 11.8. The van der Waals surface area contributed by atoms with Gasteiger partial charge < -0.3 is 9.47 Å². The number of rotatable bonds is 3. The van der Waals surface area contributed by atoms with E-state index in [4.69, 9.17) is 32.7 Å². The van der Waals surface area contributed by atoms with Gasteiger partial charge in [-0.2, -0.15) is 4.99 Å². The first-order chi connectivity index (χ1) is 7.15. The molecule has 0 heterocycles. The maximum atomic E-state index is 10.2. The van der Waals surface area contributed by atoms with Crippen LogP contribution in [0.1, 0.15) is 0 Å². The normalized spacial score (nSPS) is 9.33. The van der Waals surface area contributed by atoms with E-state index in [0.29, 0.717) is 11.5 Å². The number of aliphatic imine (C=N–C) groups is 1. The molecule has 0 N–H and O–H groups in total. The van der Waals surface area contributed by atoms with Crippen LogP contribution in [0.2, 0.25) is 10.0 Å². The summed E-state index contributed by atoms with van der Waals surface area (Å²) in [5, 5.41) is 0.290. The molecule has 0 amide bonds. The van der Waals surface area contributed by atoms with Crippen LogP contribution in [-0.2, 0) is 4.79 Å². The molecule has 1 aromatic rings. The minimum atomic E-state index is 0.0875. The lowest BCUT2D eigenvalue weighted by Gasteiger charge is -2.10. The van der Waals surface area contributed by atoms with Crippen molar-refractivity contribution >= 4 is 35.0 Å². The van der Waals surface area contributed by atoms with Crippen LogP contribution in [0.4, 0.5) is 5.69 Å². The largest absolute Gasteiger partial charge is 0.495 e. The number of benzene rings is 1. The first-order valence-electron chi connectivity index (χ1n) is 3.83. The smallest absolute Gasteiger partial charge is 0.240 e. The van der Waals surface area contributed by atoms with E-state index in [1.165, 1.54) is 26.4 Å². The predicted molar refractivity (Wildman–Crippen MR) is 57.3 cm³/mol. The van der Waals surface area contributed by atoms with Gasteiger partial charge >= 0.3 is 0 Å². The Hall–Kier alpha value is -1.22. The second-order valence-corrected chi connectivity index (χ2v) is 3.22. The molecule has 0 aliphatic rings. The zero-order valence-corrected chi connectivity index (χ0v) is 9.52. The lowest BCUT2D eigenvalue weighted by Crippen LogP contribution is -1.90. The van der Waals surface area contributed by atoms with Crippen molar-refractivity contribution in [2.24, 2.45) is 4.99 Å². The van der Waals surface area contributed by atoms with Gasteiger partial charge in [-0.25, -0.2) is 4.79 Å². The lowest BCUT2D eigenvalue weighted by atomic mass is 10.2. The molecule has 4 nitrogen and oxygen atoms in total. The Labute approximate surface area is 96.4 Å². The van der Waals surface area contributed by atoms with E-state index in [2.05, 4.69) is 4.99 Å². The predicted octanol–water partition coefficient (Wildman–Crippen LogP) is 2.98. The first-order valence-corrected chi connectivity index (χ1v) is 4.59. The van der Waals surface area contributed by atoms with Crippen LogP contribution in [0.5, 0.6) is 11.5 Å². The second kappa shape index (κ2) is 5.03. The third kappa shape index (κ3) is 2.23. The molecule has 0 atom stereocenters. The second-order valence-electron chi connectivity index (χ2n) is 2.46. The summed E-state index contributed by atoms with van der Waals surface area (Å²) in [6.07, 6.45) is 1.36. The van der Waals surface area contributed by atoms with Crippen molar-refractivity contribution in [2.75, 3.05) is 14.2 Å². The number of halogens is 2. The average Bonchev–Trinajstić information content (AvgIpc) is 2.25. The molecular weight excluding hydrogens is 241 g/mol. The highest BCUT2D eigenvalue weighted by molar-refractivity contribution is 6.40. The lowest BCUT2D eigenvalue weighted by molar-refractivity contribution is 0.395. The Morgan fingerprint density at radius 1 is 1.20 bits per heavy atom. The van der Waals surface area contributed by atoms with E-state index in [1.54, 1.807) is 0 Å². The van der Waals surface area contributed by atoms with Gasteiger partial charge in [-0.3, -0.25) is 0 Å². The van der Waals surface area contributed by atoms with E-state index in [0.717, 1.165) is 0 Å². The van der Waals surface area contributed by atoms with Gasteiger partial charge in [0.15, 0.2) is 0 Å². The Morgan fingerprint density at radius 2 is 1.67 bits per heavy atom. The molecule has 0 unspecified atom stereocenters. The van der Waals surface area contributed by atoms with Crippen molar-refractivity contribution in [3.05, 3.63) is 16.1 Å². The molecule has 0 saturated heterocycles. The molecule has 0 aromatic heterocycles. The average molecular weight is 248 g/mol. The Bertz CT molecular complexity index is 400. The highest BCUT2D eigenvalue weighted by atomic mass is 35.5. The summed E-state index contributed by atoms with van der Waals surface area (Å²) < 4.78 is 9.94. The van der Waals surface area contributed by atoms with Crippen LogP contribution in [0, 0.1) is 0 Å². The number of isocyanates is 1. The molecule has 80 valence electrons. The molecule has 0 aliphatic carbocycles. The number of methoxy groups -OCH3 is 2. The number of hydrogen-bond acceptors (Lipinski definition) is 4. The summed E-state index contributed by atoms with van der Waals surface area (Å²) in [5.41, 5.74) is 0.0875. The number of nitrogens with zero attached hydrogens (tertiary/aromatic N) is 1. The molecule has 15 heavy (non-hydrogen) atoms. The standard InChI is InChI=1S/C9H7Cl2NO3/c1-14-5-3-6(15-2)8(11)9(7(5)10)12-4-13/h3H,1-2H3. The molecule has 1 rings (SSSR count). The third-order valence-electron chi connectivity index (χ3n) is 1.71. The molecule has 1 aromatic carbocycles. The minimum Gasteiger partial charge on any atom is -0.495 e. The van der Waals surface area contributed by atoms with Gasteiger partial charge in [0.05, 0.1) is 14.2 Å². The Morgan fingerprint density at radius 3 is 2.00 bits per heavy atom. The molecule has 0 radical (unpaired) electrons. The van der Waals surface area contributed by atoms with Crippen LogP contribution in [-0.4, -0.2) is 20.3 Å². The summed E-state index contributed by atoms with van der Waals surface area (Å²) in [6, 6.07) is 1.51. The van der Waals surface area contributed by atoms with Crippen molar-refractivity contribution < 1.29 is 14.3 Å². The van der Waals surface area contributed by atoms with Gasteiger partial charge in [-0.15, -0.1) is 0 Å². The van der Waals surface area contributed by atoms with Crippen LogP contribution < -0.4 is 9.47 Å². The van der Waals surface area contributed by atoms with Crippen LogP contribution in [0.25, 0.3) is 0 Å². The summed E-state index contributed by atoms with van der Waals surface area (Å²) in [4.78, 5) is 13.6. The molecule has 0 bridgehead atoms. The fourth-order valence-electron chi connectivity index (χ4n) is 1.02. The van der Waals surface area contributed by atoms with Gasteiger partial charge in [-0.1, -0.05) is 23.2 Å². The van der Waals surface area contributed by atoms with E-state index < -0.39 is 0 Å². The van der Waals surface area contributed by atoms with E-state index in [1.807, 2.05) is 0 Å². The fourth-order valence-corrected chi connectivity index (χ4v) is 1.60. The monoisotopic (exact) mass is 247 g/mol. The Balaban J connectivity index is 3.52. The van der Waals surface area contributed by atoms with Gasteiger partial charge in [-0.05, 0) is 0 Å². The summed E-state index contributed by atoms with van der Waals surface area (Å²) in [5.74, 6) is 0.652. The van der Waals surface area contributed by atoms with E-state index >= 15 is 0 Å². The van der Waals surface area contributed by atoms with Gasteiger partial charge in [0, 0.05) is 6.07 Å². The van der Waals surface area contributed by atoms with Crippen LogP contribution in [0.3, 0.4) is 0 Å². The van der Waals surface area contributed by atoms with Crippen molar-refractivity contribution in [2.45, 2.75) is 0 Å². The molecular formula is C9H7Cl2NO3. The maximum Gasteiger partial charge on any atom is 0.240 e. The Kier molecular flexibility index (Phi) is 3.97. The van der Waals surface area contributed by atoms with Crippen molar-refractivity contribution in [1.29, 1.82) is 0 Å². The zero-order chi connectivity index (χ0) is 11.4. The number of ether oxygens (including phenoxy) is 2. The van der Waals surface area contributed by atoms with E-state index in [-0.39, 0.29) is 15.7 Å². The van der Waals surface area contributed by atoms with Crippen molar-refractivity contribution in [1.82, 2.24) is 0 Å². The highest BCUT2D eigenvalue weighted by Gasteiger charge is 2.16.